The quantitative estimate of drug-likeness (QED) is 0.580. The predicted molar refractivity (Wildman–Crippen MR) is 60.8 cm³/mol. The van der Waals surface area contributed by atoms with Gasteiger partial charge in [-0.1, -0.05) is 27.2 Å². The van der Waals surface area contributed by atoms with Crippen LogP contribution in [-0.4, -0.2) is 25.2 Å². The summed E-state index contributed by atoms with van der Waals surface area (Å²) < 4.78 is 47.9. The predicted octanol–water partition coefficient (Wildman–Crippen LogP) is 4.29. The van der Waals surface area contributed by atoms with E-state index in [0.717, 1.165) is 6.42 Å². The second-order valence-corrected chi connectivity index (χ2v) is 4.06. The normalized spacial score (nSPS) is 15.9. The van der Waals surface area contributed by atoms with Gasteiger partial charge >= 0.3 is 6.11 Å². The lowest BCUT2D eigenvalue weighted by Gasteiger charge is -2.26. The average Bonchev–Trinajstić information content (AvgIpc) is 2.28. The molecule has 0 fully saturated rings. The third-order valence-corrected chi connectivity index (χ3v) is 2.64. The van der Waals surface area contributed by atoms with Crippen molar-refractivity contribution in [3.8, 4) is 0 Å². The summed E-state index contributed by atoms with van der Waals surface area (Å²) in [6, 6.07) is 0. The molecule has 0 aromatic carbocycles. The minimum absolute atomic E-state index is 0.309. The number of hydrogen-bond acceptors (Lipinski definition) is 2. The minimum atomic E-state index is -3.10. The highest BCUT2D eigenvalue weighted by molar-refractivity contribution is 4.67. The fourth-order valence-electron chi connectivity index (χ4n) is 1.61. The number of halogens is 3. The summed E-state index contributed by atoms with van der Waals surface area (Å²) in [5.74, 6) is 0. The Balaban J connectivity index is 4.30. The van der Waals surface area contributed by atoms with E-state index < -0.39 is 19.1 Å². The summed E-state index contributed by atoms with van der Waals surface area (Å²) in [4.78, 5) is 0. The van der Waals surface area contributed by atoms with Crippen LogP contribution in [0.3, 0.4) is 0 Å². The molecule has 0 radical (unpaired) electrons. The van der Waals surface area contributed by atoms with Crippen LogP contribution < -0.4 is 0 Å². The Labute approximate surface area is 101 Å². The van der Waals surface area contributed by atoms with Gasteiger partial charge in [-0.2, -0.15) is 8.78 Å². The third kappa shape index (κ3) is 7.60. The van der Waals surface area contributed by atoms with E-state index in [1.54, 1.807) is 0 Å². The van der Waals surface area contributed by atoms with E-state index in [-0.39, 0.29) is 12.5 Å². The molecule has 5 heteroatoms. The van der Waals surface area contributed by atoms with Gasteiger partial charge in [0.2, 0.25) is 0 Å². The monoisotopic (exact) mass is 256 g/mol. The van der Waals surface area contributed by atoms with Crippen LogP contribution in [0.1, 0.15) is 52.9 Å². The van der Waals surface area contributed by atoms with Gasteiger partial charge in [0.1, 0.15) is 0 Å². The topological polar surface area (TPSA) is 18.5 Å². The third-order valence-electron chi connectivity index (χ3n) is 2.64. The van der Waals surface area contributed by atoms with Crippen molar-refractivity contribution in [3.05, 3.63) is 0 Å². The Kier molecular flexibility index (Phi) is 8.60. The molecular formula is C12H23F3O2. The van der Waals surface area contributed by atoms with E-state index in [4.69, 9.17) is 9.47 Å². The van der Waals surface area contributed by atoms with Crippen molar-refractivity contribution in [3.63, 3.8) is 0 Å². The van der Waals surface area contributed by atoms with Gasteiger partial charge in [0.15, 0.2) is 6.86 Å². The first kappa shape index (κ1) is 16.7. The Hall–Kier alpha value is -0.290. The summed E-state index contributed by atoms with van der Waals surface area (Å²) in [5.41, 5.74) is 0. The van der Waals surface area contributed by atoms with Crippen LogP contribution in [0.2, 0.25) is 0 Å². The second-order valence-electron chi connectivity index (χ2n) is 4.06. The molecule has 0 saturated heterocycles. The molecule has 0 bridgehead atoms. The molecule has 0 aromatic rings. The van der Waals surface area contributed by atoms with E-state index in [1.165, 1.54) is 6.92 Å². The molecule has 0 rings (SSSR count). The maximum atomic E-state index is 13.1. The summed E-state index contributed by atoms with van der Waals surface area (Å²) in [6.45, 7) is 4.22. The molecule has 2 nitrogen and oxygen atoms in total. The standard InChI is InChI=1S/C12H23F3O2/c1-4-7-11(17-12(14,15)6-3)8-10(5-2)16-9-13/h10-11H,4-9H2,1-3H3/t10-,11?/m0/s1. The first-order valence-corrected chi connectivity index (χ1v) is 6.22. The van der Waals surface area contributed by atoms with E-state index in [9.17, 15) is 13.2 Å². The zero-order valence-electron chi connectivity index (χ0n) is 10.8. The van der Waals surface area contributed by atoms with Crippen molar-refractivity contribution in [2.45, 2.75) is 71.2 Å². The Morgan fingerprint density at radius 1 is 1.12 bits per heavy atom. The molecule has 2 atom stereocenters. The molecule has 0 saturated carbocycles. The van der Waals surface area contributed by atoms with Gasteiger partial charge in [-0.3, -0.25) is 0 Å². The average molecular weight is 256 g/mol. The lowest BCUT2D eigenvalue weighted by molar-refractivity contribution is -0.269. The van der Waals surface area contributed by atoms with Crippen molar-refractivity contribution >= 4 is 0 Å². The van der Waals surface area contributed by atoms with Gasteiger partial charge < -0.3 is 9.47 Å². The Morgan fingerprint density at radius 2 is 1.76 bits per heavy atom. The lowest BCUT2D eigenvalue weighted by Crippen LogP contribution is -2.31. The summed E-state index contributed by atoms with van der Waals surface area (Å²) in [6.07, 6.45) is -2.22. The van der Waals surface area contributed by atoms with E-state index in [1.807, 2.05) is 13.8 Å². The SMILES string of the molecule is CCCC(C[C@H](CC)OCF)OC(F)(F)CC. The lowest BCUT2D eigenvalue weighted by atomic mass is 10.1. The minimum Gasteiger partial charge on any atom is -0.347 e. The molecule has 0 aliphatic carbocycles. The molecule has 0 aromatic heterocycles. The number of ether oxygens (including phenoxy) is 2. The highest BCUT2D eigenvalue weighted by atomic mass is 19.3. The summed E-state index contributed by atoms with van der Waals surface area (Å²) in [5, 5.41) is 0. The van der Waals surface area contributed by atoms with E-state index in [0.29, 0.717) is 19.3 Å². The number of rotatable bonds is 10. The van der Waals surface area contributed by atoms with Crippen LogP contribution >= 0.6 is 0 Å². The fourth-order valence-corrected chi connectivity index (χ4v) is 1.61. The van der Waals surface area contributed by atoms with Gasteiger partial charge in [-0.25, -0.2) is 4.39 Å². The molecule has 104 valence electrons. The Morgan fingerprint density at radius 3 is 2.18 bits per heavy atom. The van der Waals surface area contributed by atoms with Crippen LogP contribution in [0.4, 0.5) is 13.2 Å². The van der Waals surface area contributed by atoms with Gasteiger partial charge in [0, 0.05) is 12.8 Å². The molecule has 0 spiro atoms. The molecule has 17 heavy (non-hydrogen) atoms. The molecule has 0 aliphatic rings. The molecule has 0 aliphatic heterocycles. The first-order valence-electron chi connectivity index (χ1n) is 6.22. The zero-order valence-corrected chi connectivity index (χ0v) is 10.8. The summed E-state index contributed by atoms with van der Waals surface area (Å²) in [7, 11) is 0. The smallest absolute Gasteiger partial charge is 0.347 e. The second kappa shape index (κ2) is 8.75. The van der Waals surface area contributed by atoms with Gasteiger partial charge in [-0.05, 0) is 12.8 Å². The van der Waals surface area contributed by atoms with Crippen molar-refractivity contribution in [1.29, 1.82) is 0 Å². The van der Waals surface area contributed by atoms with Gasteiger partial charge in [0.25, 0.3) is 0 Å². The van der Waals surface area contributed by atoms with Gasteiger partial charge in [0.05, 0.1) is 12.2 Å². The van der Waals surface area contributed by atoms with Gasteiger partial charge in [-0.15, -0.1) is 0 Å². The van der Waals surface area contributed by atoms with Crippen molar-refractivity contribution in [2.75, 3.05) is 6.86 Å². The maximum Gasteiger partial charge on any atom is 0.355 e. The fraction of sp³-hybridized carbons (Fsp3) is 1.00. The number of hydrogen-bond donors (Lipinski definition) is 0. The van der Waals surface area contributed by atoms with Crippen LogP contribution in [0.15, 0.2) is 0 Å². The zero-order chi connectivity index (χ0) is 13.3. The molecule has 0 heterocycles. The molecule has 1 unspecified atom stereocenters. The largest absolute Gasteiger partial charge is 0.355 e. The van der Waals surface area contributed by atoms with Crippen LogP contribution in [0, 0.1) is 0 Å². The summed E-state index contributed by atoms with van der Waals surface area (Å²) >= 11 is 0. The first-order chi connectivity index (χ1) is 7.99. The van der Waals surface area contributed by atoms with Crippen LogP contribution in [0.5, 0.6) is 0 Å². The maximum absolute atomic E-state index is 13.1. The van der Waals surface area contributed by atoms with Crippen LogP contribution in [0.25, 0.3) is 0 Å². The van der Waals surface area contributed by atoms with Crippen molar-refractivity contribution in [1.82, 2.24) is 0 Å². The highest BCUT2D eigenvalue weighted by Gasteiger charge is 2.32. The highest BCUT2D eigenvalue weighted by Crippen LogP contribution is 2.26. The Bertz CT molecular complexity index is 189. The van der Waals surface area contributed by atoms with Crippen LogP contribution in [-0.2, 0) is 9.47 Å². The van der Waals surface area contributed by atoms with E-state index in [2.05, 4.69) is 0 Å². The van der Waals surface area contributed by atoms with Crippen molar-refractivity contribution in [2.24, 2.45) is 0 Å². The number of alkyl halides is 3. The van der Waals surface area contributed by atoms with E-state index >= 15 is 0 Å². The molecular weight excluding hydrogens is 233 g/mol. The molecule has 0 amide bonds. The molecule has 0 N–H and O–H groups in total. The van der Waals surface area contributed by atoms with Crippen molar-refractivity contribution < 1.29 is 22.6 Å².